The molecule has 1 N–H and O–H groups in total. The van der Waals surface area contributed by atoms with Gasteiger partial charge in [0.2, 0.25) is 0 Å². The molecule has 17 heavy (non-hydrogen) atoms. The predicted octanol–water partition coefficient (Wildman–Crippen LogP) is 2.69. The number of amides is 1. The standard InChI is InChI=1S/C13H17BrN2O/c1-10-2-3-11(8-15-10)12(17)16-9-13(4-5-13)6-7-14/h2-3,8H,4-7,9H2,1H3,(H,16,17). The molecule has 1 amide bonds. The Morgan fingerprint density at radius 3 is 2.82 bits per heavy atom. The average molecular weight is 297 g/mol. The molecule has 0 unspecified atom stereocenters. The van der Waals surface area contributed by atoms with E-state index in [1.165, 1.54) is 12.8 Å². The zero-order chi connectivity index (χ0) is 12.3. The van der Waals surface area contributed by atoms with Gasteiger partial charge < -0.3 is 5.32 Å². The number of aromatic nitrogens is 1. The monoisotopic (exact) mass is 296 g/mol. The van der Waals surface area contributed by atoms with E-state index in [0.717, 1.165) is 24.0 Å². The molecule has 1 aliphatic carbocycles. The minimum atomic E-state index is -0.0154. The first kappa shape index (κ1) is 12.6. The zero-order valence-electron chi connectivity index (χ0n) is 10.0. The number of alkyl halides is 1. The largest absolute Gasteiger partial charge is 0.351 e. The first-order valence-electron chi connectivity index (χ1n) is 5.92. The minimum absolute atomic E-state index is 0.0154. The third-order valence-electron chi connectivity index (χ3n) is 3.38. The quantitative estimate of drug-likeness (QED) is 0.849. The van der Waals surface area contributed by atoms with Crippen molar-refractivity contribution in [1.29, 1.82) is 0 Å². The summed E-state index contributed by atoms with van der Waals surface area (Å²) in [6.45, 7) is 2.70. The SMILES string of the molecule is Cc1ccc(C(=O)NCC2(CCBr)CC2)cn1. The van der Waals surface area contributed by atoms with E-state index in [1.54, 1.807) is 6.20 Å². The van der Waals surface area contributed by atoms with Crippen molar-refractivity contribution in [2.45, 2.75) is 26.2 Å². The molecule has 1 fully saturated rings. The van der Waals surface area contributed by atoms with E-state index >= 15 is 0 Å². The van der Waals surface area contributed by atoms with Crippen molar-refractivity contribution in [1.82, 2.24) is 10.3 Å². The number of carbonyl (C=O) groups is 1. The summed E-state index contributed by atoms with van der Waals surface area (Å²) in [5.74, 6) is -0.0154. The molecule has 2 rings (SSSR count). The van der Waals surface area contributed by atoms with Gasteiger partial charge in [0.25, 0.3) is 5.91 Å². The molecule has 1 aromatic heterocycles. The Bertz CT molecular complexity index is 398. The van der Waals surface area contributed by atoms with Crippen molar-refractivity contribution >= 4 is 21.8 Å². The van der Waals surface area contributed by atoms with Gasteiger partial charge in [-0.3, -0.25) is 9.78 Å². The summed E-state index contributed by atoms with van der Waals surface area (Å²) < 4.78 is 0. The highest BCUT2D eigenvalue weighted by Crippen LogP contribution is 2.48. The number of carbonyl (C=O) groups excluding carboxylic acids is 1. The van der Waals surface area contributed by atoms with Crippen LogP contribution in [-0.2, 0) is 0 Å². The summed E-state index contributed by atoms with van der Waals surface area (Å²) in [4.78, 5) is 16.0. The Balaban J connectivity index is 1.87. The molecule has 3 nitrogen and oxygen atoms in total. The number of rotatable bonds is 5. The van der Waals surface area contributed by atoms with Crippen molar-refractivity contribution in [3.63, 3.8) is 0 Å². The summed E-state index contributed by atoms with van der Waals surface area (Å²) in [6, 6.07) is 3.68. The van der Waals surface area contributed by atoms with Crippen LogP contribution in [0.25, 0.3) is 0 Å². The molecular weight excluding hydrogens is 280 g/mol. The van der Waals surface area contributed by atoms with Crippen molar-refractivity contribution in [3.8, 4) is 0 Å². The Labute approximate surface area is 110 Å². The van der Waals surface area contributed by atoms with E-state index < -0.39 is 0 Å². The molecule has 1 aromatic rings. The molecule has 0 spiro atoms. The maximum atomic E-state index is 11.9. The Kier molecular flexibility index (Phi) is 3.82. The van der Waals surface area contributed by atoms with Gasteiger partial charge >= 0.3 is 0 Å². The lowest BCUT2D eigenvalue weighted by atomic mass is 10.0. The van der Waals surface area contributed by atoms with Crippen LogP contribution in [0, 0.1) is 12.3 Å². The third kappa shape index (κ3) is 3.28. The topological polar surface area (TPSA) is 42.0 Å². The number of nitrogens with zero attached hydrogens (tertiary/aromatic N) is 1. The molecule has 0 radical (unpaired) electrons. The maximum Gasteiger partial charge on any atom is 0.252 e. The van der Waals surface area contributed by atoms with Crippen LogP contribution in [0.3, 0.4) is 0 Å². The van der Waals surface area contributed by atoms with Crippen LogP contribution in [0.5, 0.6) is 0 Å². The second-order valence-corrected chi connectivity index (χ2v) is 5.60. The number of hydrogen-bond donors (Lipinski definition) is 1. The fraction of sp³-hybridized carbons (Fsp3) is 0.538. The second kappa shape index (κ2) is 5.17. The zero-order valence-corrected chi connectivity index (χ0v) is 11.6. The average Bonchev–Trinajstić information content (AvgIpc) is 3.08. The van der Waals surface area contributed by atoms with Gasteiger partial charge in [-0.2, -0.15) is 0 Å². The number of nitrogens with one attached hydrogen (secondary N) is 1. The van der Waals surface area contributed by atoms with E-state index in [0.29, 0.717) is 11.0 Å². The number of hydrogen-bond acceptors (Lipinski definition) is 2. The van der Waals surface area contributed by atoms with Gasteiger partial charge in [-0.1, -0.05) is 15.9 Å². The summed E-state index contributed by atoms with van der Waals surface area (Å²) in [6.07, 6.45) is 5.23. The summed E-state index contributed by atoms with van der Waals surface area (Å²) in [5.41, 5.74) is 1.93. The highest BCUT2D eigenvalue weighted by atomic mass is 79.9. The number of aryl methyl sites for hydroxylation is 1. The van der Waals surface area contributed by atoms with Crippen molar-refractivity contribution in [2.24, 2.45) is 5.41 Å². The van der Waals surface area contributed by atoms with Crippen LogP contribution in [0.4, 0.5) is 0 Å². The number of pyridine rings is 1. The summed E-state index contributed by atoms with van der Waals surface area (Å²) >= 11 is 3.46. The van der Waals surface area contributed by atoms with Gasteiger partial charge in [0, 0.05) is 23.8 Å². The first-order chi connectivity index (χ1) is 8.15. The van der Waals surface area contributed by atoms with Crippen LogP contribution in [0.1, 0.15) is 35.3 Å². The molecular formula is C13H17BrN2O. The van der Waals surface area contributed by atoms with E-state index in [9.17, 15) is 4.79 Å². The molecule has 92 valence electrons. The molecule has 1 heterocycles. The summed E-state index contributed by atoms with van der Waals surface area (Å²) in [5, 5.41) is 4.02. The lowest BCUT2D eigenvalue weighted by molar-refractivity contribution is 0.0944. The van der Waals surface area contributed by atoms with E-state index in [2.05, 4.69) is 26.2 Å². The molecule has 0 bridgehead atoms. The Hall–Kier alpha value is -0.900. The van der Waals surface area contributed by atoms with Gasteiger partial charge in [0.05, 0.1) is 5.56 Å². The van der Waals surface area contributed by atoms with Crippen LogP contribution < -0.4 is 5.32 Å². The van der Waals surface area contributed by atoms with Crippen molar-refractivity contribution in [3.05, 3.63) is 29.6 Å². The maximum absolute atomic E-state index is 11.9. The molecule has 0 aromatic carbocycles. The first-order valence-corrected chi connectivity index (χ1v) is 7.04. The van der Waals surface area contributed by atoms with Gasteiger partial charge in [-0.15, -0.1) is 0 Å². The molecule has 0 aliphatic heterocycles. The number of halogens is 1. The van der Waals surface area contributed by atoms with Crippen LogP contribution in [0.15, 0.2) is 18.3 Å². The normalized spacial score (nSPS) is 16.6. The van der Waals surface area contributed by atoms with Crippen LogP contribution in [0.2, 0.25) is 0 Å². The Morgan fingerprint density at radius 1 is 1.53 bits per heavy atom. The van der Waals surface area contributed by atoms with Crippen LogP contribution in [-0.4, -0.2) is 22.8 Å². The lowest BCUT2D eigenvalue weighted by Crippen LogP contribution is -2.30. The van der Waals surface area contributed by atoms with Gasteiger partial charge in [-0.25, -0.2) is 0 Å². The molecule has 1 aliphatic rings. The lowest BCUT2D eigenvalue weighted by Gasteiger charge is -2.14. The molecule has 1 saturated carbocycles. The fourth-order valence-electron chi connectivity index (χ4n) is 1.86. The van der Waals surface area contributed by atoms with Gasteiger partial charge in [0.1, 0.15) is 0 Å². The van der Waals surface area contributed by atoms with Crippen LogP contribution >= 0.6 is 15.9 Å². The van der Waals surface area contributed by atoms with E-state index in [-0.39, 0.29) is 5.91 Å². The molecule has 0 atom stereocenters. The highest BCUT2D eigenvalue weighted by Gasteiger charge is 2.41. The second-order valence-electron chi connectivity index (χ2n) is 4.81. The van der Waals surface area contributed by atoms with Crippen molar-refractivity contribution in [2.75, 3.05) is 11.9 Å². The Morgan fingerprint density at radius 2 is 2.29 bits per heavy atom. The molecule has 0 saturated heterocycles. The van der Waals surface area contributed by atoms with Crippen molar-refractivity contribution < 1.29 is 4.79 Å². The minimum Gasteiger partial charge on any atom is -0.351 e. The van der Waals surface area contributed by atoms with Gasteiger partial charge in [-0.05, 0) is 43.7 Å². The predicted molar refractivity (Wildman–Crippen MR) is 71.4 cm³/mol. The molecule has 4 heteroatoms. The smallest absolute Gasteiger partial charge is 0.252 e. The van der Waals surface area contributed by atoms with E-state index in [1.807, 2.05) is 19.1 Å². The fourth-order valence-corrected chi connectivity index (χ4v) is 2.71. The third-order valence-corrected chi connectivity index (χ3v) is 3.78. The van der Waals surface area contributed by atoms with E-state index in [4.69, 9.17) is 0 Å². The highest BCUT2D eigenvalue weighted by molar-refractivity contribution is 9.09. The van der Waals surface area contributed by atoms with Gasteiger partial charge in [0.15, 0.2) is 0 Å². The summed E-state index contributed by atoms with van der Waals surface area (Å²) in [7, 11) is 0.